The molecule has 0 saturated carbocycles. The van der Waals surface area contributed by atoms with Crippen LogP contribution in [0.4, 0.5) is 5.69 Å². The number of amides is 1. The maximum Gasteiger partial charge on any atom is 0.254 e. The molecule has 0 spiro atoms. The highest BCUT2D eigenvalue weighted by molar-refractivity contribution is 5.94. The molecular formula is C15H23N3O. The van der Waals surface area contributed by atoms with E-state index in [1.165, 1.54) is 0 Å². The molecule has 4 nitrogen and oxygen atoms in total. The SMILES string of the molecule is CC1CN(C(=O)c2ccc(N(C)C)cc2)C(C)CN1. The van der Waals surface area contributed by atoms with Crippen LogP contribution in [0, 0.1) is 0 Å². The summed E-state index contributed by atoms with van der Waals surface area (Å²) < 4.78 is 0. The van der Waals surface area contributed by atoms with Crippen LogP contribution in [0.3, 0.4) is 0 Å². The summed E-state index contributed by atoms with van der Waals surface area (Å²) in [5.41, 5.74) is 1.88. The van der Waals surface area contributed by atoms with E-state index in [1.54, 1.807) is 0 Å². The summed E-state index contributed by atoms with van der Waals surface area (Å²) in [6.07, 6.45) is 0. The number of benzene rings is 1. The van der Waals surface area contributed by atoms with Crippen LogP contribution in [-0.4, -0.2) is 50.1 Å². The zero-order chi connectivity index (χ0) is 14.0. The fourth-order valence-electron chi connectivity index (χ4n) is 2.37. The number of hydrogen-bond acceptors (Lipinski definition) is 3. The van der Waals surface area contributed by atoms with Crippen molar-refractivity contribution in [3.63, 3.8) is 0 Å². The quantitative estimate of drug-likeness (QED) is 0.878. The zero-order valence-electron chi connectivity index (χ0n) is 12.2. The fourth-order valence-corrected chi connectivity index (χ4v) is 2.37. The Bertz CT molecular complexity index is 441. The van der Waals surface area contributed by atoms with Crippen molar-refractivity contribution in [3.8, 4) is 0 Å². The smallest absolute Gasteiger partial charge is 0.254 e. The Morgan fingerprint density at radius 3 is 2.47 bits per heavy atom. The maximum absolute atomic E-state index is 12.5. The summed E-state index contributed by atoms with van der Waals surface area (Å²) in [6.45, 7) is 5.84. The van der Waals surface area contributed by atoms with Crippen LogP contribution in [0.1, 0.15) is 24.2 Å². The lowest BCUT2D eigenvalue weighted by Gasteiger charge is -2.37. The van der Waals surface area contributed by atoms with Gasteiger partial charge in [0.1, 0.15) is 0 Å². The summed E-state index contributed by atoms with van der Waals surface area (Å²) in [7, 11) is 3.99. The van der Waals surface area contributed by atoms with Gasteiger partial charge in [0, 0.05) is 50.5 Å². The van der Waals surface area contributed by atoms with Gasteiger partial charge in [0.05, 0.1) is 0 Å². The highest BCUT2D eigenvalue weighted by Crippen LogP contribution is 2.16. The average Bonchev–Trinajstić information content (AvgIpc) is 2.41. The van der Waals surface area contributed by atoms with E-state index in [4.69, 9.17) is 0 Å². The highest BCUT2D eigenvalue weighted by Gasteiger charge is 2.27. The van der Waals surface area contributed by atoms with Gasteiger partial charge < -0.3 is 15.1 Å². The second-order valence-corrected chi connectivity index (χ2v) is 5.56. The number of rotatable bonds is 2. The topological polar surface area (TPSA) is 35.6 Å². The normalized spacial score (nSPS) is 23.3. The predicted molar refractivity (Wildman–Crippen MR) is 78.7 cm³/mol. The van der Waals surface area contributed by atoms with E-state index in [2.05, 4.69) is 19.2 Å². The third-order valence-electron chi connectivity index (χ3n) is 3.66. The number of nitrogens with zero attached hydrogens (tertiary/aromatic N) is 2. The molecule has 1 aromatic rings. The predicted octanol–water partition coefficient (Wildman–Crippen LogP) is 1.58. The Balaban J connectivity index is 2.14. The number of hydrogen-bond donors (Lipinski definition) is 1. The third kappa shape index (κ3) is 3.07. The molecule has 1 N–H and O–H groups in total. The Morgan fingerprint density at radius 1 is 1.26 bits per heavy atom. The molecule has 1 aliphatic heterocycles. The van der Waals surface area contributed by atoms with Gasteiger partial charge in [0.2, 0.25) is 0 Å². The summed E-state index contributed by atoms with van der Waals surface area (Å²) in [5, 5.41) is 3.39. The monoisotopic (exact) mass is 261 g/mol. The second-order valence-electron chi connectivity index (χ2n) is 5.56. The van der Waals surface area contributed by atoms with Crippen LogP contribution in [-0.2, 0) is 0 Å². The number of carbonyl (C=O) groups is 1. The van der Waals surface area contributed by atoms with Gasteiger partial charge >= 0.3 is 0 Å². The Hall–Kier alpha value is -1.55. The number of carbonyl (C=O) groups excluding carboxylic acids is 1. The second kappa shape index (κ2) is 5.61. The van der Waals surface area contributed by atoms with Gasteiger partial charge in [-0.3, -0.25) is 4.79 Å². The van der Waals surface area contributed by atoms with Gasteiger partial charge in [0.25, 0.3) is 5.91 Å². The van der Waals surface area contributed by atoms with Gasteiger partial charge in [-0.1, -0.05) is 0 Å². The first kappa shape index (κ1) is 13.9. The molecule has 1 heterocycles. The van der Waals surface area contributed by atoms with Crippen LogP contribution in [0.5, 0.6) is 0 Å². The van der Waals surface area contributed by atoms with Crippen molar-refractivity contribution in [1.29, 1.82) is 0 Å². The third-order valence-corrected chi connectivity index (χ3v) is 3.66. The Morgan fingerprint density at radius 2 is 1.89 bits per heavy atom. The van der Waals surface area contributed by atoms with Crippen LogP contribution in [0.15, 0.2) is 24.3 Å². The van der Waals surface area contributed by atoms with E-state index in [9.17, 15) is 4.79 Å². The van der Waals surface area contributed by atoms with Crippen molar-refractivity contribution < 1.29 is 4.79 Å². The van der Waals surface area contributed by atoms with E-state index in [1.807, 2.05) is 48.2 Å². The van der Waals surface area contributed by atoms with Crippen molar-refractivity contribution in [2.24, 2.45) is 0 Å². The van der Waals surface area contributed by atoms with Gasteiger partial charge in [-0.05, 0) is 38.1 Å². The van der Waals surface area contributed by atoms with E-state index < -0.39 is 0 Å². The van der Waals surface area contributed by atoms with Crippen molar-refractivity contribution in [2.45, 2.75) is 25.9 Å². The standard InChI is InChI=1S/C15H23N3O/c1-11-10-18(12(2)9-16-11)15(19)13-5-7-14(8-6-13)17(3)4/h5-8,11-12,16H,9-10H2,1-4H3. The molecular weight excluding hydrogens is 238 g/mol. The number of anilines is 1. The van der Waals surface area contributed by atoms with Crippen molar-refractivity contribution >= 4 is 11.6 Å². The molecule has 1 amide bonds. The first-order valence-electron chi connectivity index (χ1n) is 6.80. The lowest BCUT2D eigenvalue weighted by Crippen LogP contribution is -2.56. The van der Waals surface area contributed by atoms with Gasteiger partial charge in [-0.15, -0.1) is 0 Å². The maximum atomic E-state index is 12.5. The number of piperazine rings is 1. The molecule has 2 unspecified atom stereocenters. The van der Waals surface area contributed by atoms with Gasteiger partial charge in [-0.2, -0.15) is 0 Å². The zero-order valence-corrected chi connectivity index (χ0v) is 12.2. The molecule has 1 aromatic carbocycles. The first-order valence-corrected chi connectivity index (χ1v) is 6.80. The summed E-state index contributed by atoms with van der Waals surface area (Å²) >= 11 is 0. The van der Waals surface area contributed by atoms with Gasteiger partial charge in [0.15, 0.2) is 0 Å². The van der Waals surface area contributed by atoms with Crippen LogP contribution in [0.2, 0.25) is 0 Å². The molecule has 1 fully saturated rings. The van der Waals surface area contributed by atoms with Crippen molar-refractivity contribution in [3.05, 3.63) is 29.8 Å². The van der Waals surface area contributed by atoms with E-state index in [-0.39, 0.29) is 11.9 Å². The van der Waals surface area contributed by atoms with Crippen LogP contribution >= 0.6 is 0 Å². The molecule has 0 aliphatic carbocycles. The van der Waals surface area contributed by atoms with Crippen molar-refractivity contribution in [1.82, 2.24) is 10.2 Å². The van der Waals surface area contributed by atoms with E-state index in [0.717, 1.165) is 24.3 Å². The molecule has 4 heteroatoms. The van der Waals surface area contributed by atoms with E-state index >= 15 is 0 Å². The van der Waals surface area contributed by atoms with Crippen LogP contribution < -0.4 is 10.2 Å². The molecule has 0 aromatic heterocycles. The molecule has 1 saturated heterocycles. The molecule has 0 bridgehead atoms. The van der Waals surface area contributed by atoms with Crippen molar-refractivity contribution in [2.75, 3.05) is 32.1 Å². The number of nitrogens with one attached hydrogen (secondary N) is 1. The molecule has 0 radical (unpaired) electrons. The van der Waals surface area contributed by atoms with Gasteiger partial charge in [-0.25, -0.2) is 0 Å². The Kier molecular flexibility index (Phi) is 4.10. The van der Waals surface area contributed by atoms with E-state index in [0.29, 0.717) is 6.04 Å². The average molecular weight is 261 g/mol. The highest BCUT2D eigenvalue weighted by atomic mass is 16.2. The molecule has 1 aliphatic rings. The lowest BCUT2D eigenvalue weighted by atomic mass is 10.1. The fraction of sp³-hybridized carbons (Fsp3) is 0.533. The minimum absolute atomic E-state index is 0.131. The minimum atomic E-state index is 0.131. The molecule has 19 heavy (non-hydrogen) atoms. The summed E-state index contributed by atoms with van der Waals surface area (Å²) in [4.78, 5) is 16.5. The molecule has 2 atom stereocenters. The lowest BCUT2D eigenvalue weighted by molar-refractivity contribution is 0.0616. The first-order chi connectivity index (χ1) is 8.99. The van der Waals surface area contributed by atoms with Crippen LogP contribution in [0.25, 0.3) is 0 Å². The Labute approximate surface area is 115 Å². The summed E-state index contributed by atoms with van der Waals surface area (Å²) in [6, 6.07) is 8.42. The molecule has 104 valence electrons. The summed E-state index contributed by atoms with van der Waals surface area (Å²) in [5.74, 6) is 0.131. The minimum Gasteiger partial charge on any atom is -0.378 e. The largest absolute Gasteiger partial charge is 0.378 e. The molecule has 2 rings (SSSR count).